The topological polar surface area (TPSA) is 58.9 Å². The van der Waals surface area contributed by atoms with Crippen LogP contribution in [0.1, 0.15) is 12.8 Å². The Kier molecular flexibility index (Phi) is 3.82. The van der Waals surface area contributed by atoms with Gasteiger partial charge in [0.05, 0.1) is 6.61 Å². The van der Waals surface area contributed by atoms with E-state index in [0.717, 1.165) is 6.61 Å². The van der Waals surface area contributed by atoms with E-state index in [9.17, 15) is 0 Å². The van der Waals surface area contributed by atoms with Crippen molar-refractivity contribution >= 4 is 12.6 Å². The molecule has 1 aliphatic rings. The maximum absolute atomic E-state index is 9.09. The van der Waals surface area contributed by atoms with Crippen LogP contribution >= 0.6 is 0 Å². The molecule has 0 saturated heterocycles. The first kappa shape index (κ1) is 11.5. The summed E-state index contributed by atoms with van der Waals surface area (Å²) in [5, 5.41) is 18.2. The Hall–Kier alpha value is -1.04. The zero-order valence-corrected chi connectivity index (χ0v) is 9.00. The summed E-state index contributed by atoms with van der Waals surface area (Å²) in [6, 6.07) is 6.81. The predicted molar refractivity (Wildman–Crippen MR) is 60.4 cm³/mol. The van der Waals surface area contributed by atoms with E-state index in [2.05, 4.69) is 0 Å². The molecule has 16 heavy (non-hydrogen) atoms. The Bertz CT molecular complexity index is 339. The van der Waals surface area contributed by atoms with E-state index < -0.39 is 7.12 Å². The maximum Gasteiger partial charge on any atom is 0.492 e. The van der Waals surface area contributed by atoms with Crippen LogP contribution in [0.15, 0.2) is 24.3 Å². The van der Waals surface area contributed by atoms with Gasteiger partial charge in [0.2, 0.25) is 0 Å². The van der Waals surface area contributed by atoms with Gasteiger partial charge >= 0.3 is 7.12 Å². The Labute approximate surface area is 95.0 Å². The van der Waals surface area contributed by atoms with E-state index in [4.69, 9.17) is 19.5 Å². The van der Waals surface area contributed by atoms with E-state index in [0.29, 0.717) is 17.1 Å². The molecule has 0 aromatic heterocycles. The number of rotatable bonds is 6. The van der Waals surface area contributed by atoms with Gasteiger partial charge in [0, 0.05) is 5.46 Å². The summed E-state index contributed by atoms with van der Waals surface area (Å²) in [5.74, 6) is 1.15. The zero-order valence-electron chi connectivity index (χ0n) is 9.00. The van der Waals surface area contributed by atoms with Gasteiger partial charge in [0.1, 0.15) is 5.75 Å². The van der Waals surface area contributed by atoms with Crippen LogP contribution in [-0.2, 0) is 4.74 Å². The van der Waals surface area contributed by atoms with Gasteiger partial charge in [-0.25, -0.2) is 0 Å². The molecule has 1 aliphatic carbocycles. The van der Waals surface area contributed by atoms with E-state index in [-0.39, 0.29) is 6.79 Å². The molecule has 0 aliphatic heterocycles. The van der Waals surface area contributed by atoms with E-state index in [1.165, 1.54) is 12.8 Å². The van der Waals surface area contributed by atoms with Crippen molar-refractivity contribution in [3.8, 4) is 5.75 Å². The van der Waals surface area contributed by atoms with Crippen LogP contribution in [0.3, 0.4) is 0 Å². The van der Waals surface area contributed by atoms with E-state index in [1.54, 1.807) is 24.3 Å². The van der Waals surface area contributed by atoms with Crippen LogP contribution in [-0.4, -0.2) is 30.6 Å². The number of hydrogen-bond donors (Lipinski definition) is 2. The molecule has 1 aromatic rings. The molecule has 0 unspecified atom stereocenters. The van der Waals surface area contributed by atoms with Gasteiger partial charge in [0.15, 0.2) is 6.79 Å². The van der Waals surface area contributed by atoms with Gasteiger partial charge in [-0.05, 0) is 24.8 Å². The van der Waals surface area contributed by atoms with Crippen molar-refractivity contribution in [2.75, 3.05) is 13.4 Å². The minimum atomic E-state index is -1.51. The summed E-state index contributed by atoms with van der Waals surface area (Å²) in [6.07, 6.45) is 2.48. The Morgan fingerprint density at radius 1 is 1.25 bits per heavy atom. The molecular weight excluding hydrogens is 207 g/mol. The van der Waals surface area contributed by atoms with Gasteiger partial charge in [-0.1, -0.05) is 18.2 Å². The average Bonchev–Trinajstić information content (AvgIpc) is 3.08. The quantitative estimate of drug-likeness (QED) is 0.408. The average molecular weight is 222 g/mol. The molecule has 4 nitrogen and oxygen atoms in total. The fourth-order valence-electron chi connectivity index (χ4n) is 1.43. The molecule has 0 bridgehead atoms. The number of benzene rings is 1. The monoisotopic (exact) mass is 222 g/mol. The van der Waals surface area contributed by atoms with Crippen LogP contribution in [0, 0.1) is 5.92 Å². The van der Waals surface area contributed by atoms with E-state index in [1.807, 2.05) is 0 Å². The second-order valence-electron chi connectivity index (χ2n) is 3.99. The number of hydrogen-bond acceptors (Lipinski definition) is 4. The predicted octanol–water partition coefficient (Wildman–Crippen LogP) is 0.129. The summed E-state index contributed by atoms with van der Waals surface area (Å²) in [6.45, 7) is 0.879. The molecule has 0 atom stereocenters. The molecule has 0 amide bonds. The number of ether oxygens (including phenoxy) is 2. The summed E-state index contributed by atoms with van der Waals surface area (Å²) < 4.78 is 10.6. The Morgan fingerprint density at radius 2 is 2.00 bits per heavy atom. The molecule has 0 spiro atoms. The molecule has 1 aromatic carbocycles. The van der Waals surface area contributed by atoms with Crippen LogP contribution in [0.25, 0.3) is 0 Å². The molecular formula is C11H15BO4. The molecule has 1 saturated carbocycles. The SMILES string of the molecule is OB(O)c1ccccc1OCOCC1CC1. The first-order chi connectivity index (χ1) is 7.77. The molecule has 2 N–H and O–H groups in total. The normalized spacial score (nSPS) is 14.9. The molecule has 86 valence electrons. The minimum Gasteiger partial charge on any atom is -0.468 e. The van der Waals surface area contributed by atoms with Crippen molar-refractivity contribution in [2.45, 2.75) is 12.8 Å². The highest BCUT2D eigenvalue weighted by Gasteiger charge is 2.21. The first-order valence-corrected chi connectivity index (χ1v) is 5.43. The highest BCUT2D eigenvalue weighted by atomic mass is 16.7. The fraction of sp³-hybridized carbons (Fsp3) is 0.455. The maximum atomic E-state index is 9.09. The third-order valence-electron chi connectivity index (χ3n) is 2.55. The van der Waals surface area contributed by atoms with Crippen LogP contribution in [0.2, 0.25) is 0 Å². The molecule has 0 heterocycles. The second kappa shape index (κ2) is 5.34. The number of para-hydroxylation sites is 1. The van der Waals surface area contributed by atoms with Crippen LogP contribution < -0.4 is 10.2 Å². The van der Waals surface area contributed by atoms with E-state index >= 15 is 0 Å². The largest absolute Gasteiger partial charge is 0.492 e. The highest BCUT2D eigenvalue weighted by Crippen LogP contribution is 2.28. The van der Waals surface area contributed by atoms with Gasteiger partial charge in [-0.15, -0.1) is 0 Å². The highest BCUT2D eigenvalue weighted by molar-refractivity contribution is 6.59. The minimum absolute atomic E-state index is 0.153. The smallest absolute Gasteiger partial charge is 0.468 e. The Morgan fingerprint density at radius 3 is 2.69 bits per heavy atom. The lowest BCUT2D eigenvalue weighted by molar-refractivity contribution is 0.0104. The summed E-state index contributed by atoms with van der Waals surface area (Å²) in [7, 11) is -1.51. The van der Waals surface area contributed by atoms with Gasteiger partial charge in [-0.3, -0.25) is 0 Å². The standard InChI is InChI=1S/C11H15BO4/c13-12(14)10-3-1-2-4-11(10)16-8-15-7-9-5-6-9/h1-4,9,13-14H,5-8H2. The fourth-order valence-corrected chi connectivity index (χ4v) is 1.43. The summed E-state index contributed by atoms with van der Waals surface area (Å²) in [4.78, 5) is 0. The van der Waals surface area contributed by atoms with Crippen LogP contribution in [0.5, 0.6) is 5.75 Å². The Balaban J connectivity index is 1.82. The van der Waals surface area contributed by atoms with Crippen molar-refractivity contribution in [3.05, 3.63) is 24.3 Å². The first-order valence-electron chi connectivity index (χ1n) is 5.43. The second-order valence-corrected chi connectivity index (χ2v) is 3.99. The lowest BCUT2D eigenvalue weighted by Crippen LogP contribution is -2.31. The zero-order chi connectivity index (χ0) is 11.4. The molecule has 0 radical (unpaired) electrons. The molecule has 1 fully saturated rings. The third-order valence-corrected chi connectivity index (χ3v) is 2.55. The van der Waals surface area contributed by atoms with Gasteiger partial charge in [0.25, 0.3) is 0 Å². The lowest BCUT2D eigenvalue weighted by Gasteiger charge is -2.10. The molecule has 2 rings (SSSR count). The summed E-state index contributed by atoms with van der Waals surface area (Å²) >= 11 is 0. The van der Waals surface area contributed by atoms with Crippen molar-refractivity contribution in [2.24, 2.45) is 5.92 Å². The van der Waals surface area contributed by atoms with Crippen molar-refractivity contribution < 1.29 is 19.5 Å². The molecule has 5 heteroatoms. The van der Waals surface area contributed by atoms with Crippen LogP contribution in [0.4, 0.5) is 0 Å². The summed E-state index contributed by atoms with van der Waals surface area (Å²) in [5.41, 5.74) is 0.359. The van der Waals surface area contributed by atoms with Crippen molar-refractivity contribution in [3.63, 3.8) is 0 Å². The third kappa shape index (κ3) is 3.23. The van der Waals surface area contributed by atoms with Gasteiger partial charge in [-0.2, -0.15) is 0 Å². The lowest BCUT2D eigenvalue weighted by atomic mass is 9.80. The van der Waals surface area contributed by atoms with Crippen molar-refractivity contribution in [1.82, 2.24) is 0 Å². The van der Waals surface area contributed by atoms with Gasteiger partial charge < -0.3 is 19.5 Å². The van der Waals surface area contributed by atoms with Crippen molar-refractivity contribution in [1.29, 1.82) is 0 Å².